The molecule has 0 spiro atoms. The van der Waals surface area contributed by atoms with Crippen molar-refractivity contribution in [2.24, 2.45) is 0 Å². The minimum atomic E-state index is -3.80. The van der Waals surface area contributed by atoms with E-state index in [1.807, 2.05) is 0 Å². The molecule has 0 aliphatic rings. The number of benzene rings is 1. The molecule has 0 aliphatic carbocycles. The second-order valence-corrected chi connectivity index (χ2v) is 5.84. The predicted molar refractivity (Wildman–Crippen MR) is 69.6 cm³/mol. The van der Waals surface area contributed by atoms with Crippen LogP contribution in [0.25, 0.3) is 0 Å². The van der Waals surface area contributed by atoms with Gasteiger partial charge in [0.05, 0.1) is 9.95 Å². The molecule has 9 heteroatoms. The second kappa shape index (κ2) is 6.80. The lowest BCUT2D eigenvalue weighted by atomic mass is 10.3. The summed E-state index contributed by atoms with van der Waals surface area (Å²) in [6, 6.07) is 3.16. The van der Waals surface area contributed by atoms with Crippen molar-refractivity contribution < 1.29 is 18.4 Å². The van der Waals surface area contributed by atoms with Gasteiger partial charge in [-0.3, -0.25) is 10.1 Å². The summed E-state index contributed by atoms with van der Waals surface area (Å²) in [4.78, 5) is 9.66. The summed E-state index contributed by atoms with van der Waals surface area (Å²) < 4.78 is 26.0. The molecule has 0 aliphatic heterocycles. The third-order valence-corrected chi connectivity index (χ3v) is 4.24. The summed E-state index contributed by atoms with van der Waals surface area (Å²) in [7, 11) is -3.80. The number of non-ortho nitro benzene ring substituents is 1. The molecule has 1 rings (SSSR count). The molecule has 0 unspecified atom stereocenters. The molecule has 106 valence electrons. The van der Waals surface area contributed by atoms with E-state index in [4.69, 9.17) is 16.7 Å². The highest BCUT2D eigenvalue weighted by Gasteiger charge is 2.19. The van der Waals surface area contributed by atoms with Crippen molar-refractivity contribution in [1.29, 1.82) is 0 Å². The minimum Gasteiger partial charge on any atom is -0.396 e. The standard InChI is InChI=1S/C10H13ClN2O5S/c11-9-7-8(13(15)16)3-4-10(9)19(17,18)12-5-1-2-6-14/h3-4,7,12,14H,1-2,5-6H2. The van der Waals surface area contributed by atoms with Gasteiger partial charge in [0.25, 0.3) is 5.69 Å². The number of sulfonamides is 1. The highest BCUT2D eigenvalue weighted by atomic mass is 35.5. The zero-order valence-corrected chi connectivity index (χ0v) is 11.4. The third-order valence-electron chi connectivity index (χ3n) is 2.29. The fraction of sp³-hybridized carbons (Fsp3) is 0.400. The number of hydrogen-bond donors (Lipinski definition) is 2. The van der Waals surface area contributed by atoms with Crippen molar-refractivity contribution in [1.82, 2.24) is 4.72 Å². The number of rotatable bonds is 7. The van der Waals surface area contributed by atoms with Crippen molar-refractivity contribution in [3.8, 4) is 0 Å². The fourth-order valence-corrected chi connectivity index (χ4v) is 2.95. The molecule has 19 heavy (non-hydrogen) atoms. The maximum absolute atomic E-state index is 11.9. The highest BCUT2D eigenvalue weighted by Crippen LogP contribution is 2.25. The van der Waals surface area contributed by atoms with Crippen molar-refractivity contribution in [3.63, 3.8) is 0 Å². The number of aliphatic hydroxyl groups excluding tert-OH is 1. The maximum atomic E-state index is 11.9. The smallest absolute Gasteiger partial charge is 0.271 e. The normalized spacial score (nSPS) is 11.5. The number of nitrogens with zero attached hydrogens (tertiary/aromatic N) is 1. The van der Waals surface area contributed by atoms with E-state index in [9.17, 15) is 18.5 Å². The van der Waals surface area contributed by atoms with Gasteiger partial charge in [-0.15, -0.1) is 0 Å². The first kappa shape index (κ1) is 15.8. The summed E-state index contributed by atoms with van der Waals surface area (Å²) in [6.45, 7) is 0.149. The summed E-state index contributed by atoms with van der Waals surface area (Å²) in [5.41, 5.74) is -0.274. The van der Waals surface area contributed by atoms with Gasteiger partial charge in [0.2, 0.25) is 10.0 Å². The number of halogens is 1. The Morgan fingerprint density at radius 2 is 2.05 bits per heavy atom. The molecule has 0 heterocycles. The summed E-state index contributed by atoms with van der Waals surface area (Å²) >= 11 is 5.73. The number of nitrogens with one attached hydrogen (secondary N) is 1. The third kappa shape index (κ3) is 4.43. The molecule has 0 saturated heterocycles. The van der Waals surface area contributed by atoms with E-state index in [-0.39, 0.29) is 28.8 Å². The Hall–Kier alpha value is -1.22. The van der Waals surface area contributed by atoms with Gasteiger partial charge in [-0.1, -0.05) is 11.6 Å². The lowest BCUT2D eigenvalue weighted by Crippen LogP contribution is -2.25. The van der Waals surface area contributed by atoms with E-state index in [0.29, 0.717) is 12.8 Å². The summed E-state index contributed by atoms with van der Waals surface area (Å²) in [5.74, 6) is 0. The number of unbranched alkanes of at least 4 members (excludes halogenated alkanes) is 1. The average Bonchev–Trinajstić information content (AvgIpc) is 2.34. The molecule has 0 bridgehead atoms. The van der Waals surface area contributed by atoms with Crippen LogP contribution in [0.15, 0.2) is 23.1 Å². The quantitative estimate of drug-likeness (QED) is 0.448. The molecule has 0 amide bonds. The van der Waals surface area contributed by atoms with Crippen molar-refractivity contribution in [3.05, 3.63) is 33.3 Å². The van der Waals surface area contributed by atoms with Gasteiger partial charge in [0.15, 0.2) is 0 Å². The van der Waals surface area contributed by atoms with E-state index in [1.165, 1.54) is 0 Å². The van der Waals surface area contributed by atoms with Crippen LogP contribution in [-0.4, -0.2) is 31.6 Å². The van der Waals surface area contributed by atoms with E-state index < -0.39 is 14.9 Å². The SMILES string of the molecule is O=[N+]([O-])c1ccc(S(=O)(=O)NCCCCO)c(Cl)c1. The van der Waals surface area contributed by atoms with Crippen LogP contribution in [0.3, 0.4) is 0 Å². The Labute approximate surface area is 115 Å². The molecule has 0 aromatic heterocycles. The average molecular weight is 309 g/mol. The lowest BCUT2D eigenvalue weighted by Gasteiger charge is -2.07. The molecular formula is C10H13ClN2O5S. The van der Waals surface area contributed by atoms with Crippen molar-refractivity contribution in [2.75, 3.05) is 13.2 Å². The van der Waals surface area contributed by atoms with Crippen LogP contribution in [0, 0.1) is 10.1 Å². The molecular weight excluding hydrogens is 296 g/mol. The molecule has 0 atom stereocenters. The number of nitro groups is 1. The van der Waals surface area contributed by atoms with Crippen LogP contribution in [0.1, 0.15) is 12.8 Å². The van der Waals surface area contributed by atoms with Gasteiger partial charge < -0.3 is 5.11 Å². The Morgan fingerprint density at radius 3 is 2.58 bits per heavy atom. The Balaban J connectivity index is 2.87. The summed E-state index contributed by atoms with van der Waals surface area (Å²) in [6.07, 6.45) is 0.969. The van der Waals surface area contributed by atoms with Gasteiger partial charge in [-0.25, -0.2) is 13.1 Å². The number of hydrogen-bond acceptors (Lipinski definition) is 5. The molecule has 0 fully saturated rings. The van der Waals surface area contributed by atoms with Gasteiger partial charge in [-0.05, 0) is 18.9 Å². The van der Waals surface area contributed by atoms with Gasteiger partial charge in [0, 0.05) is 25.3 Å². The number of nitro benzene ring substituents is 1. The van der Waals surface area contributed by atoms with Gasteiger partial charge in [-0.2, -0.15) is 0 Å². The van der Waals surface area contributed by atoms with Gasteiger partial charge >= 0.3 is 0 Å². The first-order chi connectivity index (χ1) is 8.88. The molecule has 2 N–H and O–H groups in total. The first-order valence-corrected chi connectivity index (χ1v) is 7.29. The molecule has 1 aromatic carbocycles. The summed E-state index contributed by atoms with van der Waals surface area (Å²) in [5, 5.41) is 18.9. The largest absolute Gasteiger partial charge is 0.396 e. The van der Waals surface area contributed by atoms with Crippen LogP contribution in [0.5, 0.6) is 0 Å². The van der Waals surface area contributed by atoms with Crippen LogP contribution >= 0.6 is 11.6 Å². The van der Waals surface area contributed by atoms with Crippen LogP contribution in [-0.2, 0) is 10.0 Å². The lowest BCUT2D eigenvalue weighted by molar-refractivity contribution is -0.384. The second-order valence-electron chi connectivity index (χ2n) is 3.70. The van der Waals surface area contributed by atoms with Crippen LogP contribution < -0.4 is 4.72 Å². The first-order valence-electron chi connectivity index (χ1n) is 5.43. The van der Waals surface area contributed by atoms with Crippen LogP contribution in [0.2, 0.25) is 5.02 Å². The molecule has 1 aromatic rings. The van der Waals surface area contributed by atoms with Crippen LogP contribution in [0.4, 0.5) is 5.69 Å². The fourth-order valence-electron chi connectivity index (χ4n) is 1.34. The maximum Gasteiger partial charge on any atom is 0.271 e. The van der Waals surface area contributed by atoms with E-state index in [1.54, 1.807) is 0 Å². The highest BCUT2D eigenvalue weighted by molar-refractivity contribution is 7.89. The van der Waals surface area contributed by atoms with Crippen molar-refractivity contribution in [2.45, 2.75) is 17.7 Å². The van der Waals surface area contributed by atoms with Gasteiger partial charge in [0.1, 0.15) is 4.90 Å². The molecule has 7 nitrogen and oxygen atoms in total. The zero-order valence-electron chi connectivity index (χ0n) is 9.87. The minimum absolute atomic E-state index is 0.0139. The van der Waals surface area contributed by atoms with E-state index in [0.717, 1.165) is 18.2 Å². The van der Waals surface area contributed by atoms with E-state index >= 15 is 0 Å². The monoisotopic (exact) mass is 308 g/mol. The molecule has 0 radical (unpaired) electrons. The Morgan fingerprint density at radius 1 is 1.37 bits per heavy atom. The topological polar surface area (TPSA) is 110 Å². The van der Waals surface area contributed by atoms with Crippen molar-refractivity contribution >= 4 is 27.3 Å². The number of aliphatic hydroxyl groups is 1. The molecule has 0 saturated carbocycles. The predicted octanol–water partition coefficient (Wildman–Crippen LogP) is 1.30. The Kier molecular flexibility index (Phi) is 5.67. The van der Waals surface area contributed by atoms with E-state index in [2.05, 4.69) is 4.72 Å². The zero-order chi connectivity index (χ0) is 14.5. The Bertz CT molecular complexity index is 561.